The Morgan fingerprint density at radius 3 is 1.85 bits per heavy atom. The van der Waals surface area contributed by atoms with Crippen molar-refractivity contribution in [3.8, 4) is 0 Å². The summed E-state index contributed by atoms with van der Waals surface area (Å²) in [6.07, 6.45) is 3.87. The van der Waals surface area contributed by atoms with E-state index in [1.165, 1.54) is 30.5 Å². The molecule has 1 fully saturated rings. The molecule has 3 aromatic carbocycles. The average Bonchev–Trinajstić information content (AvgIpc) is 3.26. The second-order valence-electron chi connectivity index (χ2n) is 6.78. The summed E-state index contributed by atoms with van der Waals surface area (Å²) in [4.78, 5) is 0. The first-order valence-electron chi connectivity index (χ1n) is 8.73. The van der Waals surface area contributed by atoms with Crippen LogP contribution in [0.2, 0.25) is 12.1 Å². The van der Waals surface area contributed by atoms with Crippen LogP contribution >= 0.6 is 0 Å². The summed E-state index contributed by atoms with van der Waals surface area (Å²) < 4.78 is 0. The van der Waals surface area contributed by atoms with Crippen molar-refractivity contribution in [2.24, 2.45) is 0 Å². The Bertz CT molecular complexity index is 769. The van der Waals surface area contributed by atoms with Crippen LogP contribution in [0, 0.1) is 0 Å². The molecule has 1 heterocycles. The third kappa shape index (κ3) is 5.56. The molecule has 0 spiro atoms. The summed E-state index contributed by atoms with van der Waals surface area (Å²) in [5.74, 6) is 0. The summed E-state index contributed by atoms with van der Waals surface area (Å²) in [5, 5.41) is 3.34. The van der Waals surface area contributed by atoms with E-state index in [9.17, 15) is 0 Å². The zero-order valence-corrected chi connectivity index (χ0v) is 20.0. The molecule has 0 N–H and O–H groups in total. The van der Waals surface area contributed by atoms with E-state index in [0.717, 1.165) is 6.42 Å². The van der Waals surface area contributed by atoms with Gasteiger partial charge in [0, 0.05) is 0 Å². The topological polar surface area (TPSA) is 0 Å². The normalized spacial score (nSPS) is 14.1. The van der Waals surface area contributed by atoms with E-state index < -0.39 is 8.07 Å². The molecule has 0 unspecified atom stereocenters. The summed E-state index contributed by atoms with van der Waals surface area (Å²) in [7, 11) is -1.53. The molecule has 140 valence electrons. The first-order chi connectivity index (χ1) is 11.4. The van der Waals surface area contributed by atoms with Gasteiger partial charge in [-0.2, -0.15) is 16.8 Å². The van der Waals surface area contributed by atoms with E-state index in [2.05, 4.69) is 78.9 Å². The van der Waals surface area contributed by atoms with Gasteiger partial charge in [-0.05, 0) is 12.0 Å². The minimum atomic E-state index is -1.53. The molecule has 1 saturated heterocycles. The van der Waals surface area contributed by atoms with Gasteiger partial charge in [0.05, 0.1) is 8.07 Å². The maximum Gasteiger partial charge on any atom is 4.00 e. The number of benzene rings is 2. The molecule has 0 nitrogen and oxygen atoms in total. The van der Waals surface area contributed by atoms with Crippen molar-refractivity contribution in [1.82, 2.24) is 0 Å². The van der Waals surface area contributed by atoms with Crippen LogP contribution in [-0.2, 0) is 28.1 Å². The van der Waals surface area contributed by atoms with Crippen LogP contribution in [0.5, 0.6) is 0 Å². The van der Waals surface area contributed by atoms with Crippen LogP contribution < -0.4 is 47.6 Å². The summed E-state index contributed by atoms with van der Waals surface area (Å²) in [6.45, 7) is 0. The maximum atomic E-state index is 2.43. The second-order valence-corrected chi connectivity index (χ2v) is 11.1. The SMILES string of the molecule is [Cl-].[Cl-].[Cl-].[Ti+4].c1ccc(Cc2ccc[c-]2[Si]2(c3ccccc3)CCCC2)cc1. The van der Waals surface area contributed by atoms with Gasteiger partial charge in [0.25, 0.3) is 0 Å². The molecule has 1 aliphatic rings. The number of halogens is 3. The molecule has 4 rings (SSSR count). The van der Waals surface area contributed by atoms with Crippen molar-refractivity contribution in [2.75, 3.05) is 0 Å². The van der Waals surface area contributed by atoms with Gasteiger partial charge in [-0.15, -0.1) is 0 Å². The predicted octanol–water partition coefficient (Wildman–Crippen LogP) is -4.64. The van der Waals surface area contributed by atoms with Gasteiger partial charge in [-0.25, -0.2) is 12.1 Å². The minimum Gasteiger partial charge on any atom is -1.00 e. The Hall–Kier alpha value is -0.409. The van der Waals surface area contributed by atoms with Crippen LogP contribution in [0.3, 0.4) is 0 Å². The van der Waals surface area contributed by atoms with Crippen molar-refractivity contribution in [3.05, 3.63) is 90.0 Å². The predicted molar refractivity (Wildman–Crippen MR) is 102 cm³/mol. The smallest absolute Gasteiger partial charge is 1.00 e. The molecule has 5 heteroatoms. The van der Waals surface area contributed by atoms with Crippen LogP contribution in [0.1, 0.15) is 24.0 Å². The van der Waals surface area contributed by atoms with Gasteiger partial charge >= 0.3 is 21.7 Å². The zero-order chi connectivity index (χ0) is 15.5. The van der Waals surface area contributed by atoms with E-state index in [4.69, 9.17) is 0 Å². The third-order valence-electron chi connectivity index (χ3n) is 5.44. The van der Waals surface area contributed by atoms with E-state index in [0.29, 0.717) is 0 Å². The Balaban J connectivity index is 0.00000169. The Kier molecular flexibility index (Phi) is 12.0. The van der Waals surface area contributed by atoms with Gasteiger partial charge in [-0.1, -0.05) is 90.8 Å². The Morgan fingerprint density at radius 2 is 1.26 bits per heavy atom. The van der Waals surface area contributed by atoms with Crippen LogP contribution in [-0.4, -0.2) is 8.07 Å². The largest absolute Gasteiger partial charge is 4.00 e. The molecular weight excluding hydrogens is 447 g/mol. The first-order valence-corrected chi connectivity index (χ1v) is 11.1. The maximum absolute atomic E-state index is 2.43. The number of hydrogen-bond donors (Lipinski definition) is 0. The summed E-state index contributed by atoms with van der Waals surface area (Å²) in [5.41, 5.74) is 2.99. The molecule has 27 heavy (non-hydrogen) atoms. The van der Waals surface area contributed by atoms with Crippen LogP contribution in [0.25, 0.3) is 0 Å². The molecule has 0 atom stereocenters. The standard InChI is InChI=1S/C22H23Si.3ClH.Ti/c1-3-10-19(11-4-1)18-20-12-9-15-22(20)23(16-7-8-17-23)21-13-5-2-6-14-21;;;;/h1-6,9-15H,7-8,16-18H2;3*1H;/q-1;;;;+4/p-3. The number of rotatable bonds is 4. The second kappa shape index (κ2) is 12.2. The molecule has 0 radical (unpaired) electrons. The molecule has 0 bridgehead atoms. The van der Waals surface area contributed by atoms with Gasteiger partial charge in [-0.3, -0.25) is 0 Å². The van der Waals surface area contributed by atoms with Crippen molar-refractivity contribution in [1.29, 1.82) is 0 Å². The van der Waals surface area contributed by atoms with Crippen molar-refractivity contribution in [3.63, 3.8) is 0 Å². The van der Waals surface area contributed by atoms with E-state index in [1.54, 1.807) is 15.9 Å². The molecule has 1 aliphatic heterocycles. The molecular formula is C22H23Cl3SiTi. The van der Waals surface area contributed by atoms with Crippen LogP contribution in [0.15, 0.2) is 78.9 Å². The number of hydrogen-bond acceptors (Lipinski definition) is 0. The molecule has 0 saturated carbocycles. The summed E-state index contributed by atoms with van der Waals surface area (Å²) >= 11 is 0. The van der Waals surface area contributed by atoms with Gasteiger partial charge in [0.15, 0.2) is 0 Å². The van der Waals surface area contributed by atoms with Gasteiger partial charge in [0.1, 0.15) is 0 Å². The van der Waals surface area contributed by atoms with E-state index in [1.807, 2.05) is 0 Å². The first kappa shape index (κ1) is 26.6. The summed E-state index contributed by atoms with van der Waals surface area (Å²) in [6, 6.07) is 32.2. The van der Waals surface area contributed by atoms with E-state index in [-0.39, 0.29) is 58.9 Å². The fourth-order valence-electron chi connectivity index (χ4n) is 4.34. The van der Waals surface area contributed by atoms with Crippen molar-refractivity contribution < 1.29 is 58.9 Å². The average molecular weight is 470 g/mol. The Labute approximate surface area is 197 Å². The minimum absolute atomic E-state index is 0. The van der Waals surface area contributed by atoms with Crippen molar-refractivity contribution >= 4 is 18.4 Å². The van der Waals surface area contributed by atoms with Crippen LogP contribution in [0.4, 0.5) is 0 Å². The molecule has 0 aromatic heterocycles. The van der Waals surface area contributed by atoms with Crippen molar-refractivity contribution in [2.45, 2.75) is 31.4 Å². The Morgan fingerprint density at radius 1 is 0.704 bits per heavy atom. The fourth-order valence-corrected chi connectivity index (χ4v) is 9.76. The molecule has 3 aromatic rings. The fraction of sp³-hybridized carbons (Fsp3) is 0.227. The monoisotopic (exact) mass is 468 g/mol. The van der Waals surface area contributed by atoms with Gasteiger partial charge in [0.2, 0.25) is 0 Å². The molecule has 0 aliphatic carbocycles. The zero-order valence-electron chi connectivity index (χ0n) is 15.2. The quantitative estimate of drug-likeness (QED) is 0.266. The van der Waals surface area contributed by atoms with Gasteiger partial charge < -0.3 is 37.2 Å². The third-order valence-corrected chi connectivity index (χ3v) is 10.8. The molecule has 0 amide bonds. The van der Waals surface area contributed by atoms with E-state index >= 15 is 0 Å².